The third kappa shape index (κ3) is 3.24. The van der Waals surface area contributed by atoms with Gasteiger partial charge in [-0.15, -0.1) is 0 Å². The fourth-order valence-corrected chi connectivity index (χ4v) is 2.84. The molecule has 0 fully saturated rings. The highest BCUT2D eigenvalue weighted by atomic mass is 19.1. The van der Waals surface area contributed by atoms with E-state index in [0.717, 1.165) is 28.0 Å². The minimum absolute atomic E-state index is 0.0200. The average Bonchev–Trinajstić information content (AvgIpc) is 2.44. The summed E-state index contributed by atoms with van der Waals surface area (Å²) in [6, 6.07) is 11.1. The second kappa shape index (κ2) is 6.72. The Balaban J connectivity index is 2.55. The van der Waals surface area contributed by atoms with E-state index >= 15 is 0 Å². The third-order valence-corrected chi connectivity index (χ3v) is 3.67. The molecule has 0 heterocycles. The highest BCUT2D eigenvalue weighted by Crippen LogP contribution is 2.33. The molecule has 0 amide bonds. The summed E-state index contributed by atoms with van der Waals surface area (Å²) in [6.45, 7) is 6.48. The second-order valence-electron chi connectivity index (χ2n) is 5.15. The fraction of sp³-hybridized carbons (Fsp3) is 0.333. The number of rotatable bonds is 5. The first-order valence-electron chi connectivity index (χ1n) is 7.24. The zero-order valence-corrected chi connectivity index (χ0v) is 13.0. The van der Waals surface area contributed by atoms with Crippen LogP contribution in [0.3, 0.4) is 0 Å². The van der Waals surface area contributed by atoms with Crippen molar-refractivity contribution in [1.82, 2.24) is 5.32 Å². The topological polar surface area (TPSA) is 21.3 Å². The lowest BCUT2D eigenvalue weighted by atomic mass is 9.90. The molecule has 0 aliphatic carbocycles. The molecule has 2 rings (SSSR count). The van der Waals surface area contributed by atoms with Crippen molar-refractivity contribution in [2.45, 2.75) is 26.8 Å². The van der Waals surface area contributed by atoms with Gasteiger partial charge in [-0.25, -0.2) is 4.39 Å². The van der Waals surface area contributed by atoms with Crippen LogP contribution in [0.2, 0.25) is 0 Å². The summed E-state index contributed by atoms with van der Waals surface area (Å²) >= 11 is 0. The smallest absolute Gasteiger partial charge is 0.124 e. The molecular weight excluding hydrogens is 265 g/mol. The Hall–Kier alpha value is -1.87. The van der Waals surface area contributed by atoms with Gasteiger partial charge in [0.1, 0.15) is 11.6 Å². The van der Waals surface area contributed by atoms with Crippen molar-refractivity contribution in [3.8, 4) is 5.75 Å². The molecule has 3 heteroatoms. The van der Waals surface area contributed by atoms with Crippen molar-refractivity contribution in [2.75, 3.05) is 13.7 Å². The molecule has 0 spiro atoms. The van der Waals surface area contributed by atoms with Gasteiger partial charge >= 0.3 is 0 Å². The van der Waals surface area contributed by atoms with Crippen LogP contribution in [0.15, 0.2) is 36.4 Å². The van der Waals surface area contributed by atoms with Gasteiger partial charge in [0, 0.05) is 5.56 Å². The van der Waals surface area contributed by atoms with E-state index in [-0.39, 0.29) is 11.9 Å². The van der Waals surface area contributed by atoms with Crippen LogP contribution in [0.5, 0.6) is 5.75 Å². The highest BCUT2D eigenvalue weighted by molar-refractivity contribution is 5.47. The summed E-state index contributed by atoms with van der Waals surface area (Å²) in [5.74, 6) is 0.671. The average molecular weight is 287 g/mol. The maximum Gasteiger partial charge on any atom is 0.124 e. The number of hydrogen-bond acceptors (Lipinski definition) is 2. The summed E-state index contributed by atoms with van der Waals surface area (Å²) in [5.41, 5.74) is 4.06. The van der Waals surface area contributed by atoms with E-state index in [1.165, 1.54) is 0 Å². The SMILES string of the molecule is CCOc1ccccc1C(NC)c1c(C)cc(F)cc1C. The van der Waals surface area contributed by atoms with Crippen molar-refractivity contribution in [3.05, 3.63) is 64.5 Å². The maximum atomic E-state index is 13.5. The van der Waals surface area contributed by atoms with Crippen LogP contribution >= 0.6 is 0 Å². The molecule has 2 aromatic rings. The van der Waals surface area contributed by atoms with E-state index in [1.54, 1.807) is 12.1 Å². The van der Waals surface area contributed by atoms with Gasteiger partial charge in [0.2, 0.25) is 0 Å². The molecule has 2 nitrogen and oxygen atoms in total. The van der Waals surface area contributed by atoms with E-state index in [9.17, 15) is 4.39 Å². The Morgan fingerprint density at radius 2 is 1.76 bits per heavy atom. The second-order valence-corrected chi connectivity index (χ2v) is 5.15. The van der Waals surface area contributed by atoms with Crippen molar-refractivity contribution in [2.24, 2.45) is 0 Å². The van der Waals surface area contributed by atoms with E-state index in [1.807, 2.05) is 52.1 Å². The highest BCUT2D eigenvalue weighted by Gasteiger charge is 2.20. The molecule has 0 aliphatic heterocycles. The normalized spacial score (nSPS) is 12.2. The van der Waals surface area contributed by atoms with Gasteiger partial charge in [-0.3, -0.25) is 0 Å². The lowest BCUT2D eigenvalue weighted by molar-refractivity contribution is 0.334. The van der Waals surface area contributed by atoms with Crippen LogP contribution in [-0.4, -0.2) is 13.7 Å². The standard InChI is InChI=1S/C18H22FNO/c1-5-21-16-9-7-6-8-15(16)18(20-4)17-12(2)10-14(19)11-13(17)3/h6-11,18,20H,5H2,1-4H3. The van der Waals surface area contributed by atoms with Crippen molar-refractivity contribution in [1.29, 1.82) is 0 Å². The number of nitrogens with one attached hydrogen (secondary N) is 1. The Labute approximate surface area is 126 Å². The van der Waals surface area contributed by atoms with Gasteiger partial charge in [0.15, 0.2) is 0 Å². The monoisotopic (exact) mass is 287 g/mol. The first-order chi connectivity index (χ1) is 10.1. The first-order valence-corrected chi connectivity index (χ1v) is 7.24. The number of para-hydroxylation sites is 1. The van der Waals surface area contributed by atoms with Crippen LogP contribution in [0.1, 0.15) is 35.2 Å². The minimum Gasteiger partial charge on any atom is -0.494 e. The van der Waals surface area contributed by atoms with Gasteiger partial charge in [-0.1, -0.05) is 18.2 Å². The molecule has 0 saturated carbocycles. The summed E-state index contributed by atoms with van der Waals surface area (Å²) < 4.78 is 19.3. The summed E-state index contributed by atoms with van der Waals surface area (Å²) in [7, 11) is 1.91. The molecule has 0 aliphatic rings. The molecule has 0 radical (unpaired) electrons. The van der Waals surface area contributed by atoms with E-state index < -0.39 is 0 Å². The molecule has 0 aromatic heterocycles. The number of benzene rings is 2. The molecule has 1 N–H and O–H groups in total. The number of halogens is 1. The van der Waals surface area contributed by atoms with Gasteiger partial charge in [0.05, 0.1) is 12.6 Å². The maximum absolute atomic E-state index is 13.5. The Kier molecular flexibility index (Phi) is 4.97. The van der Waals surface area contributed by atoms with Crippen molar-refractivity contribution >= 4 is 0 Å². The van der Waals surface area contributed by atoms with Crippen LogP contribution in [0, 0.1) is 19.7 Å². The molecule has 112 valence electrons. The van der Waals surface area contributed by atoms with Gasteiger partial charge in [-0.2, -0.15) is 0 Å². The minimum atomic E-state index is -0.193. The fourth-order valence-electron chi connectivity index (χ4n) is 2.84. The molecule has 1 unspecified atom stereocenters. The van der Waals surface area contributed by atoms with E-state index in [0.29, 0.717) is 6.61 Å². The number of hydrogen-bond donors (Lipinski definition) is 1. The Bertz CT molecular complexity index is 601. The number of ether oxygens (including phenoxy) is 1. The summed E-state index contributed by atoms with van der Waals surface area (Å²) in [6.07, 6.45) is 0. The lowest BCUT2D eigenvalue weighted by Gasteiger charge is -2.24. The molecular formula is C18H22FNO. The predicted molar refractivity (Wildman–Crippen MR) is 84.4 cm³/mol. The zero-order chi connectivity index (χ0) is 15.4. The molecule has 1 atom stereocenters. The van der Waals surface area contributed by atoms with Gasteiger partial charge in [0.25, 0.3) is 0 Å². The molecule has 0 saturated heterocycles. The van der Waals surface area contributed by atoms with Crippen LogP contribution in [0.4, 0.5) is 4.39 Å². The Morgan fingerprint density at radius 1 is 1.14 bits per heavy atom. The first kappa shape index (κ1) is 15.5. The predicted octanol–water partition coefficient (Wildman–Crippen LogP) is 4.15. The summed E-state index contributed by atoms with van der Waals surface area (Å²) in [5, 5.41) is 3.33. The largest absolute Gasteiger partial charge is 0.494 e. The van der Waals surface area contributed by atoms with Gasteiger partial charge < -0.3 is 10.1 Å². The van der Waals surface area contributed by atoms with Gasteiger partial charge in [-0.05, 0) is 62.7 Å². The van der Waals surface area contributed by atoms with Crippen molar-refractivity contribution < 1.29 is 9.13 Å². The Morgan fingerprint density at radius 3 is 2.33 bits per heavy atom. The van der Waals surface area contributed by atoms with E-state index in [4.69, 9.17) is 4.74 Å². The van der Waals surface area contributed by atoms with Crippen LogP contribution in [0.25, 0.3) is 0 Å². The molecule has 21 heavy (non-hydrogen) atoms. The quantitative estimate of drug-likeness (QED) is 0.892. The van der Waals surface area contributed by atoms with Crippen molar-refractivity contribution in [3.63, 3.8) is 0 Å². The number of aryl methyl sites for hydroxylation is 2. The summed E-state index contributed by atoms with van der Waals surface area (Å²) in [4.78, 5) is 0. The van der Waals surface area contributed by atoms with E-state index in [2.05, 4.69) is 5.32 Å². The lowest BCUT2D eigenvalue weighted by Crippen LogP contribution is -2.21. The molecule has 2 aromatic carbocycles. The third-order valence-electron chi connectivity index (χ3n) is 3.67. The zero-order valence-electron chi connectivity index (χ0n) is 13.0. The van der Waals surface area contributed by atoms with Crippen LogP contribution < -0.4 is 10.1 Å². The molecule has 0 bridgehead atoms. The van der Waals surface area contributed by atoms with Crippen LogP contribution in [-0.2, 0) is 0 Å².